The fraction of sp³-hybridized carbons (Fsp3) is 0.458. The summed E-state index contributed by atoms with van der Waals surface area (Å²) in [5.74, 6) is -0.679. The minimum absolute atomic E-state index is 0.135. The third-order valence-corrected chi connectivity index (χ3v) is 5.40. The first-order valence-corrected chi connectivity index (χ1v) is 11.6. The van der Waals surface area contributed by atoms with Gasteiger partial charge in [0, 0.05) is 44.6 Å². The number of carbonyl (C=O) groups excluding carboxylic acids is 3. The Morgan fingerprint density at radius 2 is 1.86 bits per heavy atom. The number of nitrogens with one attached hydrogen (secondary N) is 2. The molecular weight excluding hydrogens is 452 g/mol. The minimum atomic E-state index is -1.17. The number of aromatic nitrogens is 2. The lowest BCUT2D eigenvalue weighted by Gasteiger charge is -2.36. The Morgan fingerprint density at radius 1 is 1.11 bits per heavy atom. The lowest BCUT2D eigenvalue weighted by molar-refractivity contribution is -0.146. The highest BCUT2D eigenvalue weighted by molar-refractivity contribution is 5.98. The molecule has 0 unspecified atom stereocenters. The number of carbonyl (C=O) groups is 3. The Hall–Kier alpha value is -3.73. The Balaban J connectivity index is 1.58. The van der Waals surface area contributed by atoms with Crippen LogP contribution in [0.5, 0.6) is 0 Å². The van der Waals surface area contributed by atoms with E-state index in [-0.39, 0.29) is 29.8 Å². The maximum atomic E-state index is 12.9. The number of aliphatic hydroxyl groups is 1. The van der Waals surface area contributed by atoms with Crippen LogP contribution in [-0.2, 0) is 9.53 Å². The highest BCUT2D eigenvalue weighted by Crippen LogP contribution is 2.24. The highest BCUT2D eigenvalue weighted by atomic mass is 16.5. The summed E-state index contributed by atoms with van der Waals surface area (Å²) in [5.41, 5.74) is 1.35. The molecule has 1 aliphatic heterocycles. The summed E-state index contributed by atoms with van der Waals surface area (Å²) >= 11 is 0. The van der Waals surface area contributed by atoms with Crippen molar-refractivity contribution in [2.45, 2.75) is 32.9 Å². The molecular formula is C24H32N6O5. The van der Waals surface area contributed by atoms with Crippen molar-refractivity contribution in [3.05, 3.63) is 47.9 Å². The van der Waals surface area contributed by atoms with Crippen LogP contribution in [0.15, 0.2) is 36.7 Å². The third kappa shape index (κ3) is 6.66. The van der Waals surface area contributed by atoms with E-state index in [0.717, 1.165) is 11.5 Å². The largest absolute Gasteiger partial charge is 0.464 e. The molecule has 1 fully saturated rings. The molecule has 0 spiro atoms. The van der Waals surface area contributed by atoms with Crippen LogP contribution < -0.4 is 15.5 Å². The van der Waals surface area contributed by atoms with Gasteiger partial charge in [-0.1, -0.05) is 0 Å². The van der Waals surface area contributed by atoms with Gasteiger partial charge in [0.25, 0.3) is 11.8 Å². The average Bonchev–Trinajstić information content (AvgIpc) is 2.87. The minimum Gasteiger partial charge on any atom is -0.464 e. The van der Waals surface area contributed by atoms with Gasteiger partial charge < -0.3 is 30.3 Å². The lowest BCUT2D eigenvalue weighted by atomic mass is 10.2. The first kappa shape index (κ1) is 25.9. The maximum Gasteiger partial charge on any atom is 0.331 e. The zero-order valence-electron chi connectivity index (χ0n) is 20.2. The number of rotatable bonds is 9. The third-order valence-electron chi connectivity index (χ3n) is 5.40. The van der Waals surface area contributed by atoms with E-state index >= 15 is 0 Å². The van der Waals surface area contributed by atoms with Gasteiger partial charge in [0.1, 0.15) is 5.69 Å². The van der Waals surface area contributed by atoms with Crippen LogP contribution in [-0.4, -0.2) is 89.2 Å². The second kappa shape index (κ2) is 12.1. The molecule has 0 saturated carbocycles. The second-order valence-electron chi connectivity index (χ2n) is 8.35. The summed E-state index contributed by atoms with van der Waals surface area (Å²) in [6.45, 7) is 7.60. The summed E-state index contributed by atoms with van der Waals surface area (Å²) in [6.07, 6.45) is 3.03. The molecule has 35 heavy (non-hydrogen) atoms. The van der Waals surface area contributed by atoms with Crippen molar-refractivity contribution in [2.75, 3.05) is 49.6 Å². The van der Waals surface area contributed by atoms with Gasteiger partial charge in [0.15, 0.2) is 11.9 Å². The first-order valence-electron chi connectivity index (χ1n) is 11.6. The predicted octanol–water partition coefficient (Wildman–Crippen LogP) is 0.913. The molecule has 0 aromatic carbocycles. The number of esters is 1. The number of ether oxygens (including phenoxy) is 1. The van der Waals surface area contributed by atoms with E-state index in [2.05, 4.69) is 39.3 Å². The van der Waals surface area contributed by atoms with E-state index in [4.69, 9.17) is 4.74 Å². The standard InChI is InChI=1S/C24H32N6O5/c1-4-35-24(34)20(15-31)28-22(32)17-7-8-19(26-14-17)23(33)30-12-10-29(11-13-30)21-18(27-16(2)3)6-5-9-25-21/h5-9,14,16,20,27,31H,4,10-13,15H2,1-3H3,(H,28,32)/t20-/m1/s1. The van der Waals surface area contributed by atoms with Gasteiger partial charge in [0.05, 0.1) is 24.5 Å². The molecule has 3 N–H and O–H groups in total. The SMILES string of the molecule is CCOC(=O)[C@@H](CO)NC(=O)c1ccc(C(=O)N2CCN(c3ncccc3NC(C)C)CC2)nc1. The van der Waals surface area contributed by atoms with Gasteiger partial charge in [-0.05, 0) is 45.0 Å². The molecule has 2 aromatic heterocycles. The summed E-state index contributed by atoms with van der Waals surface area (Å²) in [7, 11) is 0. The van der Waals surface area contributed by atoms with Gasteiger partial charge in [-0.3, -0.25) is 14.6 Å². The zero-order chi connectivity index (χ0) is 25.4. The van der Waals surface area contributed by atoms with E-state index < -0.39 is 24.5 Å². The molecule has 11 heteroatoms. The Morgan fingerprint density at radius 3 is 2.46 bits per heavy atom. The lowest BCUT2D eigenvalue weighted by Crippen LogP contribution is -2.49. The van der Waals surface area contributed by atoms with Gasteiger partial charge in [-0.2, -0.15) is 0 Å². The van der Waals surface area contributed by atoms with E-state index in [9.17, 15) is 19.5 Å². The Bertz CT molecular complexity index is 1020. The van der Waals surface area contributed by atoms with Gasteiger partial charge in [-0.15, -0.1) is 0 Å². The molecule has 1 atom stereocenters. The van der Waals surface area contributed by atoms with E-state index in [0.29, 0.717) is 26.2 Å². The van der Waals surface area contributed by atoms with Crippen LogP contribution in [0, 0.1) is 0 Å². The van der Waals surface area contributed by atoms with Crippen molar-refractivity contribution in [1.29, 1.82) is 0 Å². The number of aliphatic hydroxyl groups excluding tert-OH is 1. The van der Waals surface area contributed by atoms with Gasteiger partial charge in [0.2, 0.25) is 0 Å². The molecule has 0 bridgehead atoms. The van der Waals surface area contributed by atoms with Crippen LogP contribution in [0.2, 0.25) is 0 Å². The van der Waals surface area contributed by atoms with Crippen molar-refractivity contribution in [3.63, 3.8) is 0 Å². The Labute approximate surface area is 204 Å². The second-order valence-corrected chi connectivity index (χ2v) is 8.35. The highest BCUT2D eigenvalue weighted by Gasteiger charge is 2.26. The molecule has 188 valence electrons. The smallest absolute Gasteiger partial charge is 0.331 e. The molecule has 3 rings (SSSR count). The molecule has 2 aromatic rings. The van der Waals surface area contributed by atoms with Crippen molar-refractivity contribution in [3.8, 4) is 0 Å². The summed E-state index contributed by atoms with van der Waals surface area (Å²) < 4.78 is 4.82. The van der Waals surface area contributed by atoms with Crippen LogP contribution in [0.25, 0.3) is 0 Å². The van der Waals surface area contributed by atoms with Crippen molar-refractivity contribution >= 4 is 29.3 Å². The molecule has 11 nitrogen and oxygen atoms in total. The number of amides is 2. The van der Waals surface area contributed by atoms with Gasteiger partial charge >= 0.3 is 5.97 Å². The molecule has 0 aliphatic carbocycles. The van der Waals surface area contributed by atoms with Crippen LogP contribution in [0.3, 0.4) is 0 Å². The first-order chi connectivity index (χ1) is 16.8. The quantitative estimate of drug-likeness (QED) is 0.444. The summed E-state index contributed by atoms with van der Waals surface area (Å²) in [5, 5.41) is 15.1. The predicted molar refractivity (Wildman–Crippen MR) is 130 cm³/mol. The molecule has 3 heterocycles. The topological polar surface area (TPSA) is 137 Å². The maximum absolute atomic E-state index is 12.9. The fourth-order valence-corrected chi connectivity index (χ4v) is 3.67. The molecule has 0 radical (unpaired) electrons. The fourth-order valence-electron chi connectivity index (χ4n) is 3.67. The number of hydrogen-bond donors (Lipinski definition) is 3. The van der Waals surface area contributed by atoms with Crippen molar-refractivity contribution in [2.24, 2.45) is 0 Å². The zero-order valence-corrected chi connectivity index (χ0v) is 20.2. The average molecular weight is 485 g/mol. The number of nitrogens with zero attached hydrogens (tertiary/aromatic N) is 4. The van der Waals surface area contributed by atoms with Gasteiger partial charge in [-0.25, -0.2) is 9.78 Å². The number of hydrogen-bond acceptors (Lipinski definition) is 9. The van der Waals surface area contributed by atoms with E-state index in [1.807, 2.05) is 12.1 Å². The van der Waals surface area contributed by atoms with Crippen molar-refractivity contribution in [1.82, 2.24) is 20.2 Å². The monoisotopic (exact) mass is 484 g/mol. The Kier molecular flexibility index (Phi) is 8.96. The van der Waals surface area contributed by atoms with Crippen LogP contribution in [0.1, 0.15) is 41.6 Å². The van der Waals surface area contributed by atoms with Crippen molar-refractivity contribution < 1.29 is 24.2 Å². The molecule has 1 saturated heterocycles. The number of piperazine rings is 1. The number of pyridine rings is 2. The van der Waals surface area contributed by atoms with Crippen LogP contribution >= 0.6 is 0 Å². The summed E-state index contributed by atoms with van der Waals surface area (Å²) in [6, 6.07) is 5.93. The summed E-state index contributed by atoms with van der Waals surface area (Å²) in [4.78, 5) is 49.6. The molecule has 2 amide bonds. The van der Waals surface area contributed by atoms with E-state index in [1.54, 1.807) is 18.0 Å². The molecule has 1 aliphatic rings. The van der Waals surface area contributed by atoms with E-state index in [1.165, 1.54) is 18.3 Å². The normalized spacial score (nSPS) is 14.4. The van der Waals surface area contributed by atoms with Crippen LogP contribution in [0.4, 0.5) is 11.5 Å². The number of anilines is 2.